The number of nitrogens with one attached hydrogen (secondary N) is 2. The van der Waals surface area contributed by atoms with Gasteiger partial charge in [0.15, 0.2) is 17.4 Å². The zero-order valence-electron chi connectivity index (χ0n) is 14.3. The summed E-state index contributed by atoms with van der Waals surface area (Å²) in [7, 11) is 1.61. The first kappa shape index (κ1) is 16.7. The lowest BCUT2D eigenvalue weighted by atomic mass is 10.3. The van der Waals surface area contributed by atoms with E-state index in [2.05, 4.69) is 30.8 Å². The number of ether oxygens (including phenoxy) is 1. The van der Waals surface area contributed by atoms with Crippen LogP contribution in [0.2, 0.25) is 0 Å². The molecule has 3 aromatic rings. The van der Waals surface area contributed by atoms with Crippen molar-refractivity contribution >= 4 is 11.6 Å². The van der Waals surface area contributed by atoms with Crippen molar-refractivity contribution in [3.63, 3.8) is 0 Å². The Morgan fingerprint density at radius 3 is 2.96 bits per heavy atom. The number of hydrogen-bond acceptors (Lipinski definition) is 5. The lowest BCUT2D eigenvalue weighted by Crippen LogP contribution is -2.37. The third-order valence-electron chi connectivity index (χ3n) is 3.59. The molecule has 0 amide bonds. The average Bonchev–Trinajstić information content (AvgIpc) is 3.07. The third kappa shape index (κ3) is 4.03. The molecule has 25 heavy (non-hydrogen) atoms. The number of guanidine groups is 1. The predicted octanol–water partition coefficient (Wildman–Crippen LogP) is 1.39. The number of fused-ring (bicyclic) bond motifs is 1. The Balaban J connectivity index is 1.70. The highest BCUT2D eigenvalue weighted by Crippen LogP contribution is 2.14. The number of nitrogens with zero attached hydrogens (tertiary/aromatic N) is 5. The Hall–Kier alpha value is -3.16. The van der Waals surface area contributed by atoms with Crippen molar-refractivity contribution < 1.29 is 4.74 Å². The summed E-state index contributed by atoms with van der Waals surface area (Å²) in [5.74, 6) is 2.10. The summed E-state index contributed by atoms with van der Waals surface area (Å²) >= 11 is 0. The molecule has 0 fully saturated rings. The maximum atomic E-state index is 5.26. The molecule has 2 N–H and O–H groups in total. The smallest absolute Gasteiger partial charge is 0.218 e. The zero-order chi connectivity index (χ0) is 17.5. The van der Waals surface area contributed by atoms with Gasteiger partial charge in [0.1, 0.15) is 0 Å². The zero-order valence-corrected chi connectivity index (χ0v) is 14.3. The number of pyridine rings is 2. The van der Waals surface area contributed by atoms with Crippen LogP contribution < -0.4 is 15.4 Å². The molecule has 0 bridgehead atoms. The second-order valence-electron chi connectivity index (χ2n) is 5.27. The molecular weight excluding hydrogens is 318 g/mol. The highest BCUT2D eigenvalue weighted by atomic mass is 16.5. The predicted molar refractivity (Wildman–Crippen MR) is 95.4 cm³/mol. The standard InChI is InChI=1S/C17H21N7O/c1-3-18-17(20-11-13-7-6-9-19-16(13)25-2)21-12-15-23-22-14-8-4-5-10-24(14)15/h4-10H,3,11-12H2,1-2H3,(H2,18,20,21). The van der Waals surface area contributed by atoms with Crippen LogP contribution in [0, 0.1) is 0 Å². The molecule has 0 saturated heterocycles. The molecule has 3 aromatic heterocycles. The van der Waals surface area contributed by atoms with E-state index in [0.717, 1.165) is 23.6 Å². The van der Waals surface area contributed by atoms with E-state index in [-0.39, 0.29) is 0 Å². The Morgan fingerprint density at radius 2 is 2.12 bits per heavy atom. The number of hydrogen-bond donors (Lipinski definition) is 2. The van der Waals surface area contributed by atoms with E-state index in [1.807, 2.05) is 47.9 Å². The van der Waals surface area contributed by atoms with Crippen LogP contribution in [-0.4, -0.2) is 39.2 Å². The van der Waals surface area contributed by atoms with Crippen molar-refractivity contribution in [2.75, 3.05) is 13.7 Å². The Kier molecular flexibility index (Phi) is 5.40. The normalized spacial score (nSPS) is 11.5. The van der Waals surface area contributed by atoms with E-state index >= 15 is 0 Å². The molecule has 3 rings (SSSR count). The lowest BCUT2D eigenvalue weighted by molar-refractivity contribution is 0.392. The molecule has 0 saturated carbocycles. The van der Waals surface area contributed by atoms with Crippen molar-refractivity contribution in [1.82, 2.24) is 30.2 Å². The van der Waals surface area contributed by atoms with Crippen molar-refractivity contribution in [2.45, 2.75) is 20.0 Å². The first-order valence-electron chi connectivity index (χ1n) is 8.10. The summed E-state index contributed by atoms with van der Waals surface area (Å²) in [4.78, 5) is 8.78. The topological polar surface area (TPSA) is 88.7 Å². The first-order chi connectivity index (χ1) is 12.3. The van der Waals surface area contributed by atoms with E-state index in [1.54, 1.807) is 13.3 Å². The summed E-state index contributed by atoms with van der Waals surface area (Å²) in [5, 5.41) is 14.9. The van der Waals surface area contributed by atoms with E-state index in [1.165, 1.54) is 0 Å². The first-order valence-corrected chi connectivity index (χ1v) is 8.10. The van der Waals surface area contributed by atoms with Crippen LogP contribution in [0.15, 0.2) is 47.7 Å². The maximum absolute atomic E-state index is 5.26. The summed E-state index contributed by atoms with van der Waals surface area (Å²) in [6, 6.07) is 9.63. The van der Waals surface area contributed by atoms with Crippen molar-refractivity contribution in [1.29, 1.82) is 0 Å². The molecular formula is C17H21N7O. The molecule has 0 aliphatic carbocycles. The summed E-state index contributed by atoms with van der Waals surface area (Å²) < 4.78 is 7.21. The Labute approximate surface area is 146 Å². The number of rotatable bonds is 6. The fourth-order valence-corrected chi connectivity index (χ4v) is 2.41. The highest BCUT2D eigenvalue weighted by molar-refractivity contribution is 5.79. The average molecular weight is 339 g/mol. The molecule has 3 heterocycles. The summed E-state index contributed by atoms with van der Waals surface area (Å²) in [5.41, 5.74) is 1.75. The molecule has 0 radical (unpaired) electrons. The van der Waals surface area contributed by atoms with Crippen molar-refractivity contribution in [3.8, 4) is 5.88 Å². The van der Waals surface area contributed by atoms with Crippen molar-refractivity contribution in [3.05, 3.63) is 54.1 Å². The van der Waals surface area contributed by atoms with Gasteiger partial charge in [-0.05, 0) is 25.1 Å². The molecule has 0 aliphatic heterocycles. The Morgan fingerprint density at radius 1 is 1.20 bits per heavy atom. The monoisotopic (exact) mass is 339 g/mol. The van der Waals surface area contributed by atoms with Gasteiger partial charge in [-0.2, -0.15) is 0 Å². The summed E-state index contributed by atoms with van der Waals surface area (Å²) in [6.07, 6.45) is 3.64. The molecule has 0 atom stereocenters. The minimum absolute atomic E-state index is 0.465. The van der Waals surface area contributed by atoms with Gasteiger partial charge in [-0.3, -0.25) is 4.40 Å². The van der Waals surface area contributed by atoms with Crippen LogP contribution in [0.25, 0.3) is 5.65 Å². The van der Waals surface area contributed by atoms with Crippen molar-refractivity contribution in [2.24, 2.45) is 4.99 Å². The quantitative estimate of drug-likeness (QED) is 0.521. The van der Waals surface area contributed by atoms with Gasteiger partial charge in [-0.25, -0.2) is 9.98 Å². The van der Waals surface area contributed by atoms with Gasteiger partial charge in [0.05, 0.1) is 20.2 Å². The fourth-order valence-electron chi connectivity index (χ4n) is 2.41. The maximum Gasteiger partial charge on any atom is 0.218 e. The van der Waals surface area contributed by atoms with Crippen LogP contribution >= 0.6 is 0 Å². The second-order valence-corrected chi connectivity index (χ2v) is 5.27. The fraction of sp³-hybridized carbons (Fsp3) is 0.294. The Bertz CT molecular complexity index is 859. The molecule has 130 valence electrons. The minimum atomic E-state index is 0.465. The van der Waals surface area contributed by atoms with Gasteiger partial charge in [0.25, 0.3) is 0 Å². The van der Waals surface area contributed by atoms with E-state index in [0.29, 0.717) is 24.9 Å². The number of aromatic nitrogens is 4. The van der Waals surface area contributed by atoms with E-state index < -0.39 is 0 Å². The largest absolute Gasteiger partial charge is 0.481 e. The lowest BCUT2D eigenvalue weighted by Gasteiger charge is -2.11. The number of aliphatic imine (C=N–C) groups is 1. The molecule has 0 spiro atoms. The highest BCUT2D eigenvalue weighted by Gasteiger charge is 2.07. The van der Waals surface area contributed by atoms with Crippen LogP contribution in [-0.2, 0) is 13.1 Å². The molecule has 8 heteroatoms. The van der Waals surface area contributed by atoms with Crippen LogP contribution in [0.1, 0.15) is 18.3 Å². The molecule has 8 nitrogen and oxygen atoms in total. The molecule has 0 aliphatic rings. The van der Waals surface area contributed by atoms with Gasteiger partial charge in [0.2, 0.25) is 5.88 Å². The second kappa shape index (κ2) is 8.09. The van der Waals surface area contributed by atoms with Gasteiger partial charge in [0, 0.05) is 24.5 Å². The van der Waals surface area contributed by atoms with E-state index in [9.17, 15) is 0 Å². The van der Waals surface area contributed by atoms with Crippen LogP contribution in [0.5, 0.6) is 5.88 Å². The molecule has 0 aromatic carbocycles. The SMILES string of the molecule is CCNC(=NCc1cccnc1OC)NCc1nnc2ccccn12. The number of methoxy groups -OCH3 is 1. The van der Waals surface area contributed by atoms with Gasteiger partial charge < -0.3 is 15.4 Å². The van der Waals surface area contributed by atoms with Gasteiger partial charge >= 0.3 is 0 Å². The van der Waals surface area contributed by atoms with E-state index in [4.69, 9.17) is 4.74 Å². The summed E-state index contributed by atoms with van der Waals surface area (Å²) in [6.45, 7) is 3.76. The van der Waals surface area contributed by atoms with Gasteiger partial charge in [-0.15, -0.1) is 10.2 Å². The van der Waals surface area contributed by atoms with Gasteiger partial charge in [-0.1, -0.05) is 12.1 Å². The minimum Gasteiger partial charge on any atom is -0.481 e. The van der Waals surface area contributed by atoms with Crippen LogP contribution in [0.4, 0.5) is 0 Å². The third-order valence-corrected chi connectivity index (χ3v) is 3.59. The van der Waals surface area contributed by atoms with Crippen LogP contribution in [0.3, 0.4) is 0 Å². The molecule has 0 unspecified atom stereocenters.